The first-order chi connectivity index (χ1) is 18.8. The number of carbonyl (C=O) groups is 2. The smallest absolute Gasteiger partial charge is 0.340 e. The monoisotopic (exact) mass is 545 g/mol. The fourth-order valence-electron chi connectivity index (χ4n) is 4.29. The van der Waals surface area contributed by atoms with Crippen LogP contribution in [0.1, 0.15) is 47.4 Å². The first-order valence-corrected chi connectivity index (χ1v) is 14.2. The van der Waals surface area contributed by atoms with Crippen LogP contribution >= 0.6 is 0 Å². The van der Waals surface area contributed by atoms with Gasteiger partial charge in [0.25, 0.3) is 5.91 Å². The summed E-state index contributed by atoms with van der Waals surface area (Å²) in [7, 11) is -2.29. The average Bonchev–Trinajstić information content (AvgIpc) is 2.96. The van der Waals surface area contributed by atoms with Crippen molar-refractivity contribution in [3.63, 3.8) is 0 Å². The highest BCUT2D eigenvalue weighted by atomic mass is 32.2. The minimum absolute atomic E-state index is 0.162. The van der Waals surface area contributed by atoms with Gasteiger partial charge in [-0.25, -0.2) is 18.2 Å². The SMILES string of the molecule is CCCN(CCC)S(=O)(=O)c1ccc(C(=O)Nc2ccc(-c3nc4ccccc4cc3C(=O)OC)cc2)cc1. The second kappa shape index (κ2) is 12.2. The van der Waals surface area contributed by atoms with Crippen LogP contribution in [0.2, 0.25) is 0 Å². The van der Waals surface area contributed by atoms with Crippen molar-refractivity contribution in [2.45, 2.75) is 31.6 Å². The van der Waals surface area contributed by atoms with Crippen molar-refractivity contribution in [3.8, 4) is 11.3 Å². The topological polar surface area (TPSA) is 106 Å². The van der Waals surface area contributed by atoms with Crippen LogP contribution in [0.3, 0.4) is 0 Å². The maximum atomic E-state index is 13.0. The van der Waals surface area contributed by atoms with E-state index in [-0.39, 0.29) is 10.8 Å². The number of para-hydroxylation sites is 1. The van der Waals surface area contributed by atoms with Crippen LogP contribution < -0.4 is 5.32 Å². The lowest BCUT2D eigenvalue weighted by Crippen LogP contribution is -2.32. The van der Waals surface area contributed by atoms with Crippen LogP contribution in [-0.2, 0) is 14.8 Å². The standard InChI is InChI=1S/C30H31N3O5S/c1-4-18-33(19-5-2)39(36,37)25-16-12-22(13-17-25)29(34)31-24-14-10-21(11-15-24)28-26(30(35)38-3)20-23-8-6-7-9-27(23)32-28/h6-17,20H,4-5,18-19H2,1-3H3,(H,31,34). The van der Waals surface area contributed by atoms with Gasteiger partial charge in [0.05, 0.1) is 28.8 Å². The molecule has 9 heteroatoms. The molecule has 0 aliphatic carbocycles. The molecule has 0 aliphatic rings. The summed E-state index contributed by atoms with van der Waals surface area (Å²) in [6, 6.07) is 22.2. The summed E-state index contributed by atoms with van der Waals surface area (Å²) >= 11 is 0. The van der Waals surface area contributed by atoms with Gasteiger partial charge in [-0.3, -0.25) is 4.79 Å². The van der Waals surface area contributed by atoms with Gasteiger partial charge in [0.1, 0.15) is 0 Å². The van der Waals surface area contributed by atoms with E-state index in [1.54, 1.807) is 30.3 Å². The van der Waals surface area contributed by atoms with E-state index in [0.717, 1.165) is 23.7 Å². The van der Waals surface area contributed by atoms with Gasteiger partial charge in [0.15, 0.2) is 0 Å². The van der Waals surface area contributed by atoms with Gasteiger partial charge < -0.3 is 10.1 Å². The van der Waals surface area contributed by atoms with Crippen LogP contribution in [0, 0.1) is 0 Å². The number of rotatable bonds is 10. The molecule has 1 heterocycles. The summed E-state index contributed by atoms with van der Waals surface area (Å²) in [5.74, 6) is -0.858. The molecule has 39 heavy (non-hydrogen) atoms. The summed E-state index contributed by atoms with van der Waals surface area (Å²) < 4.78 is 32.4. The molecule has 0 fully saturated rings. The summed E-state index contributed by atoms with van der Waals surface area (Å²) in [6.07, 6.45) is 1.44. The largest absolute Gasteiger partial charge is 0.465 e. The Morgan fingerprint density at radius 3 is 2.15 bits per heavy atom. The van der Waals surface area contributed by atoms with Crippen molar-refractivity contribution in [1.29, 1.82) is 0 Å². The van der Waals surface area contributed by atoms with Gasteiger partial charge in [-0.1, -0.05) is 44.2 Å². The number of methoxy groups -OCH3 is 1. The molecular weight excluding hydrogens is 514 g/mol. The predicted molar refractivity (Wildman–Crippen MR) is 152 cm³/mol. The molecule has 0 radical (unpaired) electrons. The van der Waals surface area contributed by atoms with Crippen molar-refractivity contribution in [2.75, 3.05) is 25.5 Å². The predicted octanol–water partition coefficient (Wildman–Crippen LogP) is 5.75. The summed E-state index contributed by atoms with van der Waals surface area (Å²) in [6.45, 7) is 4.78. The van der Waals surface area contributed by atoms with E-state index < -0.39 is 16.0 Å². The van der Waals surface area contributed by atoms with E-state index in [1.165, 1.54) is 35.7 Å². The van der Waals surface area contributed by atoms with Crippen molar-refractivity contribution < 1.29 is 22.7 Å². The number of amides is 1. The van der Waals surface area contributed by atoms with Gasteiger partial charge in [0, 0.05) is 35.3 Å². The molecule has 1 amide bonds. The number of hydrogen-bond donors (Lipinski definition) is 1. The Morgan fingerprint density at radius 1 is 0.897 bits per heavy atom. The Balaban J connectivity index is 1.53. The first kappa shape index (κ1) is 27.9. The number of nitrogens with zero attached hydrogens (tertiary/aromatic N) is 2. The Kier molecular flexibility index (Phi) is 8.73. The first-order valence-electron chi connectivity index (χ1n) is 12.8. The Bertz CT molecular complexity index is 1580. The molecule has 202 valence electrons. The third kappa shape index (κ3) is 6.16. The number of hydrogen-bond acceptors (Lipinski definition) is 6. The molecule has 8 nitrogen and oxygen atoms in total. The van der Waals surface area contributed by atoms with Crippen molar-refractivity contribution >= 4 is 38.5 Å². The molecular formula is C30H31N3O5S. The van der Waals surface area contributed by atoms with Gasteiger partial charge >= 0.3 is 5.97 Å². The maximum Gasteiger partial charge on any atom is 0.340 e. The summed E-state index contributed by atoms with van der Waals surface area (Å²) in [4.78, 5) is 30.1. The number of ether oxygens (including phenoxy) is 1. The molecule has 0 atom stereocenters. The molecule has 0 saturated carbocycles. The number of fused-ring (bicyclic) bond motifs is 1. The van der Waals surface area contributed by atoms with E-state index in [4.69, 9.17) is 4.74 Å². The van der Waals surface area contributed by atoms with Gasteiger partial charge in [0.2, 0.25) is 10.0 Å². The normalized spacial score (nSPS) is 11.5. The fraction of sp³-hybridized carbons (Fsp3) is 0.233. The van der Waals surface area contributed by atoms with E-state index in [2.05, 4.69) is 10.3 Å². The number of sulfonamides is 1. The fourth-order valence-corrected chi connectivity index (χ4v) is 5.92. The average molecular weight is 546 g/mol. The minimum atomic E-state index is -3.62. The molecule has 1 N–H and O–H groups in total. The highest BCUT2D eigenvalue weighted by molar-refractivity contribution is 7.89. The number of carbonyl (C=O) groups excluding carboxylic acids is 2. The number of pyridine rings is 1. The molecule has 4 aromatic rings. The number of esters is 1. The second-order valence-corrected chi connectivity index (χ2v) is 11.0. The molecule has 0 unspecified atom stereocenters. The van der Waals surface area contributed by atoms with Crippen LogP contribution in [0.15, 0.2) is 83.8 Å². The second-order valence-electron chi connectivity index (χ2n) is 9.03. The molecule has 1 aromatic heterocycles. The number of nitrogens with one attached hydrogen (secondary N) is 1. The van der Waals surface area contributed by atoms with E-state index in [1.807, 2.05) is 38.1 Å². The lowest BCUT2D eigenvalue weighted by atomic mass is 10.0. The Morgan fingerprint density at radius 2 is 1.54 bits per heavy atom. The number of aromatic nitrogens is 1. The van der Waals surface area contributed by atoms with Gasteiger partial charge in [-0.2, -0.15) is 4.31 Å². The molecule has 0 bridgehead atoms. The third-order valence-electron chi connectivity index (χ3n) is 6.25. The molecule has 0 aliphatic heterocycles. The molecule has 3 aromatic carbocycles. The highest BCUT2D eigenvalue weighted by Crippen LogP contribution is 2.28. The number of anilines is 1. The zero-order chi connectivity index (χ0) is 28.0. The zero-order valence-electron chi connectivity index (χ0n) is 22.2. The zero-order valence-corrected chi connectivity index (χ0v) is 23.0. The molecule has 0 saturated heterocycles. The Labute approximate surface area is 228 Å². The van der Waals surface area contributed by atoms with Crippen LogP contribution in [0.5, 0.6) is 0 Å². The third-order valence-corrected chi connectivity index (χ3v) is 8.16. The van der Waals surface area contributed by atoms with Crippen LogP contribution in [0.4, 0.5) is 5.69 Å². The van der Waals surface area contributed by atoms with Crippen LogP contribution in [0.25, 0.3) is 22.2 Å². The lowest BCUT2D eigenvalue weighted by Gasteiger charge is -2.21. The maximum absolute atomic E-state index is 13.0. The highest BCUT2D eigenvalue weighted by Gasteiger charge is 2.23. The Hall–Kier alpha value is -4.08. The van der Waals surface area contributed by atoms with Crippen LogP contribution in [-0.4, -0.2) is 49.8 Å². The minimum Gasteiger partial charge on any atom is -0.465 e. The van der Waals surface area contributed by atoms with Crippen molar-refractivity contribution in [3.05, 3.63) is 90.0 Å². The van der Waals surface area contributed by atoms with Crippen molar-refractivity contribution in [2.24, 2.45) is 0 Å². The van der Waals surface area contributed by atoms with Gasteiger partial charge in [-0.15, -0.1) is 0 Å². The summed E-state index contributed by atoms with van der Waals surface area (Å²) in [5.41, 5.74) is 3.14. The molecule has 0 spiro atoms. The van der Waals surface area contributed by atoms with E-state index in [0.29, 0.717) is 41.2 Å². The quantitative estimate of drug-likeness (QED) is 0.254. The lowest BCUT2D eigenvalue weighted by molar-refractivity contribution is 0.0601. The summed E-state index contributed by atoms with van der Waals surface area (Å²) in [5, 5.41) is 3.65. The van der Waals surface area contributed by atoms with E-state index in [9.17, 15) is 18.0 Å². The number of benzene rings is 3. The van der Waals surface area contributed by atoms with Crippen molar-refractivity contribution in [1.82, 2.24) is 9.29 Å². The van der Waals surface area contributed by atoms with E-state index >= 15 is 0 Å². The van der Waals surface area contributed by atoms with Gasteiger partial charge in [-0.05, 0) is 61.4 Å². The molecule has 4 rings (SSSR count).